The molecule has 0 spiro atoms. The number of hydrogen-bond donors (Lipinski definition) is 1. The molecular formula is C29H26N2O6S. The number of ether oxygens (including phenoxy) is 3. The Labute approximate surface area is 223 Å². The van der Waals surface area contributed by atoms with Gasteiger partial charge in [0.1, 0.15) is 29.0 Å². The topological polar surface area (TPSA) is 98.2 Å². The molecule has 2 heterocycles. The summed E-state index contributed by atoms with van der Waals surface area (Å²) in [4.78, 5) is 33.1. The number of carbonyl (C=O) groups is 2. The summed E-state index contributed by atoms with van der Waals surface area (Å²) in [7, 11) is 3.03. The third-order valence-corrected chi connectivity index (χ3v) is 7.38. The number of aryl methyl sites for hydroxylation is 1. The number of aliphatic hydroxyl groups is 1. The third-order valence-electron chi connectivity index (χ3n) is 6.37. The van der Waals surface area contributed by atoms with E-state index in [4.69, 9.17) is 14.2 Å². The van der Waals surface area contributed by atoms with Crippen LogP contribution in [0.1, 0.15) is 29.7 Å². The number of hydrogen-bond acceptors (Lipinski definition) is 8. The molecule has 0 saturated carbocycles. The lowest BCUT2D eigenvalue weighted by Gasteiger charge is -2.25. The van der Waals surface area contributed by atoms with Gasteiger partial charge in [-0.05, 0) is 50.2 Å². The highest BCUT2D eigenvalue weighted by Gasteiger charge is 2.49. The van der Waals surface area contributed by atoms with Crippen molar-refractivity contribution < 1.29 is 28.9 Å². The van der Waals surface area contributed by atoms with Gasteiger partial charge in [0.05, 0.1) is 36.6 Å². The van der Waals surface area contributed by atoms with Gasteiger partial charge in [-0.2, -0.15) is 0 Å². The number of aliphatic hydroxyl groups excluding tert-OH is 1. The highest BCUT2D eigenvalue weighted by Crippen LogP contribution is 2.47. The van der Waals surface area contributed by atoms with Gasteiger partial charge in [-0.15, -0.1) is 0 Å². The minimum absolute atomic E-state index is 0.0559. The van der Waals surface area contributed by atoms with Crippen LogP contribution in [-0.4, -0.2) is 42.6 Å². The first-order chi connectivity index (χ1) is 18.4. The maximum absolute atomic E-state index is 13.6. The predicted molar refractivity (Wildman–Crippen MR) is 146 cm³/mol. The molecule has 1 amide bonds. The minimum Gasteiger partial charge on any atom is -0.507 e. The normalized spacial score (nSPS) is 16.7. The van der Waals surface area contributed by atoms with E-state index in [1.165, 1.54) is 30.5 Å². The molecule has 0 radical (unpaired) electrons. The molecular weight excluding hydrogens is 504 g/mol. The second-order valence-corrected chi connectivity index (χ2v) is 9.71. The Bertz CT molecular complexity index is 1570. The Morgan fingerprint density at radius 2 is 1.74 bits per heavy atom. The second kappa shape index (κ2) is 10.2. The lowest BCUT2D eigenvalue weighted by molar-refractivity contribution is -0.132. The fourth-order valence-electron chi connectivity index (χ4n) is 4.50. The maximum atomic E-state index is 13.6. The van der Waals surface area contributed by atoms with Gasteiger partial charge in [-0.3, -0.25) is 14.5 Å². The smallest absolute Gasteiger partial charge is 0.301 e. The summed E-state index contributed by atoms with van der Waals surface area (Å²) in [5.74, 6) is -0.266. The Morgan fingerprint density at radius 3 is 2.42 bits per heavy atom. The zero-order chi connectivity index (χ0) is 27.0. The molecule has 4 aromatic rings. The Hall–Kier alpha value is -4.37. The number of methoxy groups -OCH3 is 2. The number of Topliss-reactive ketones (excluding diaryl/α,β-unsaturated/α-hetero) is 1. The minimum atomic E-state index is -1.01. The Kier molecular flexibility index (Phi) is 6.77. The van der Waals surface area contributed by atoms with Crippen molar-refractivity contribution in [3.05, 3.63) is 82.9 Å². The Morgan fingerprint density at radius 1 is 1.00 bits per heavy atom. The molecule has 0 bridgehead atoms. The molecule has 1 aromatic heterocycles. The zero-order valence-corrected chi connectivity index (χ0v) is 22.2. The van der Waals surface area contributed by atoms with Crippen molar-refractivity contribution >= 4 is 44.1 Å². The molecule has 38 heavy (non-hydrogen) atoms. The first-order valence-electron chi connectivity index (χ1n) is 12.0. The van der Waals surface area contributed by atoms with Crippen LogP contribution in [0.15, 0.2) is 66.2 Å². The van der Waals surface area contributed by atoms with Crippen molar-refractivity contribution in [2.45, 2.75) is 19.9 Å². The molecule has 0 aliphatic carbocycles. The number of nitrogens with zero attached hydrogens (tertiary/aromatic N) is 2. The average Bonchev–Trinajstić information content (AvgIpc) is 3.46. The van der Waals surface area contributed by atoms with Gasteiger partial charge in [0.15, 0.2) is 5.13 Å². The summed E-state index contributed by atoms with van der Waals surface area (Å²) in [5.41, 5.74) is 2.50. The van der Waals surface area contributed by atoms with Crippen LogP contribution in [0, 0.1) is 6.92 Å². The molecule has 9 heteroatoms. The fourth-order valence-corrected chi connectivity index (χ4v) is 5.52. The monoisotopic (exact) mass is 530 g/mol. The van der Waals surface area contributed by atoms with Gasteiger partial charge in [0.2, 0.25) is 0 Å². The summed E-state index contributed by atoms with van der Waals surface area (Å²) in [5, 5.41) is 11.7. The van der Waals surface area contributed by atoms with Crippen molar-refractivity contribution in [3.8, 4) is 17.2 Å². The maximum Gasteiger partial charge on any atom is 0.301 e. The second-order valence-electron chi connectivity index (χ2n) is 8.70. The average molecular weight is 531 g/mol. The SMILES string of the molecule is CCOc1ccc2nc(N3C(=O)C(=O)C(=C(O)c4ccc(C)cc4)[C@H]3c3cc(OC)ccc3OC)sc2c1. The van der Waals surface area contributed by atoms with Crippen molar-refractivity contribution in [3.63, 3.8) is 0 Å². The van der Waals surface area contributed by atoms with Gasteiger partial charge in [-0.1, -0.05) is 41.2 Å². The van der Waals surface area contributed by atoms with Crippen LogP contribution in [0.4, 0.5) is 5.13 Å². The number of aromatic nitrogens is 1. The van der Waals surface area contributed by atoms with Gasteiger partial charge in [0.25, 0.3) is 5.78 Å². The molecule has 8 nitrogen and oxygen atoms in total. The molecule has 5 rings (SSSR count). The van der Waals surface area contributed by atoms with E-state index in [0.717, 1.165) is 10.3 Å². The number of carbonyl (C=O) groups excluding carboxylic acids is 2. The molecule has 0 unspecified atom stereocenters. The van der Waals surface area contributed by atoms with E-state index in [0.29, 0.717) is 45.6 Å². The lowest BCUT2D eigenvalue weighted by atomic mass is 9.94. The number of fused-ring (bicyclic) bond motifs is 1. The van der Waals surface area contributed by atoms with E-state index >= 15 is 0 Å². The van der Waals surface area contributed by atoms with E-state index in [1.807, 2.05) is 44.2 Å². The van der Waals surface area contributed by atoms with Crippen molar-refractivity contribution in [2.75, 3.05) is 25.7 Å². The van der Waals surface area contributed by atoms with E-state index in [9.17, 15) is 14.7 Å². The highest BCUT2D eigenvalue weighted by atomic mass is 32.1. The van der Waals surface area contributed by atoms with Gasteiger partial charge in [-0.25, -0.2) is 4.98 Å². The van der Waals surface area contributed by atoms with Crippen molar-refractivity contribution in [1.82, 2.24) is 4.98 Å². The molecule has 194 valence electrons. The fraction of sp³-hybridized carbons (Fsp3) is 0.207. The number of ketones is 1. The zero-order valence-electron chi connectivity index (χ0n) is 21.3. The summed E-state index contributed by atoms with van der Waals surface area (Å²) in [6.45, 7) is 4.34. The summed E-state index contributed by atoms with van der Waals surface area (Å²) < 4.78 is 17.5. The van der Waals surface area contributed by atoms with E-state index < -0.39 is 17.7 Å². The molecule has 1 atom stereocenters. The van der Waals surface area contributed by atoms with Crippen LogP contribution in [0.5, 0.6) is 17.2 Å². The van der Waals surface area contributed by atoms with E-state index in [-0.39, 0.29) is 11.3 Å². The quantitative estimate of drug-likeness (QED) is 0.187. The standard InChI is InChI=1S/C29H26N2O6S/c1-5-37-19-10-12-21-23(15-19)38-29(30-21)31-25(20-14-18(35-3)11-13-22(20)36-4)24(27(33)28(31)34)26(32)17-8-6-16(2)7-9-17/h6-15,25,32H,5H2,1-4H3/t25-/m1/s1. The predicted octanol–water partition coefficient (Wildman–Crippen LogP) is 5.65. The molecule has 1 aliphatic rings. The van der Waals surface area contributed by atoms with E-state index in [1.54, 1.807) is 30.3 Å². The lowest BCUT2D eigenvalue weighted by Crippen LogP contribution is -2.29. The number of anilines is 1. The number of amides is 1. The summed E-state index contributed by atoms with van der Waals surface area (Å²) in [6.07, 6.45) is 0. The number of thiazole rings is 1. The van der Waals surface area contributed by atoms with Crippen LogP contribution < -0.4 is 19.1 Å². The highest BCUT2D eigenvalue weighted by molar-refractivity contribution is 7.22. The molecule has 1 fully saturated rings. The third kappa shape index (κ3) is 4.35. The first kappa shape index (κ1) is 25.3. The molecule has 1 N–H and O–H groups in total. The largest absolute Gasteiger partial charge is 0.507 e. The molecule has 1 aliphatic heterocycles. The number of rotatable bonds is 7. The van der Waals surface area contributed by atoms with E-state index in [2.05, 4.69) is 4.98 Å². The summed E-state index contributed by atoms with van der Waals surface area (Å²) in [6, 6.07) is 16.7. The van der Waals surface area contributed by atoms with Crippen molar-refractivity contribution in [2.24, 2.45) is 0 Å². The van der Waals surface area contributed by atoms with Crippen molar-refractivity contribution in [1.29, 1.82) is 0 Å². The molecule has 1 saturated heterocycles. The van der Waals surface area contributed by atoms with Gasteiger partial charge < -0.3 is 19.3 Å². The van der Waals surface area contributed by atoms with Crippen LogP contribution in [0.3, 0.4) is 0 Å². The van der Waals surface area contributed by atoms with Crippen LogP contribution in [-0.2, 0) is 9.59 Å². The van der Waals surface area contributed by atoms with Crippen LogP contribution in [0.2, 0.25) is 0 Å². The molecule has 3 aromatic carbocycles. The Balaban J connectivity index is 1.75. The van der Waals surface area contributed by atoms with Gasteiger partial charge in [0, 0.05) is 11.1 Å². The van der Waals surface area contributed by atoms with Gasteiger partial charge >= 0.3 is 5.91 Å². The number of benzene rings is 3. The van der Waals surface area contributed by atoms with Crippen LogP contribution in [0.25, 0.3) is 16.0 Å². The summed E-state index contributed by atoms with van der Waals surface area (Å²) >= 11 is 1.26. The first-order valence-corrected chi connectivity index (χ1v) is 12.8. The van der Waals surface area contributed by atoms with Crippen LogP contribution >= 0.6 is 11.3 Å².